The fourth-order valence-electron chi connectivity index (χ4n) is 4.88. The number of fused-ring (bicyclic) bond motifs is 3. The number of anilines is 3. The van der Waals surface area contributed by atoms with Crippen LogP contribution >= 0.6 is 11.6 Å². The molecule has 0 unspecified atom stereocenters. The van der Waals surface area contributed by atoms with Gasteiger partial charge in [-0.15, -0.1) is 0 Å². The van der Waals surface area contributed by atoms with Gasteiger partial charge in [0, 0.05) is 13.1 Å². The van der Waals surface area contributed by atoms with E-state index in [0.717, 1.165) is 25.1 Å². The van der Waals surface area contributed by atoms with E-state index in [2.05, 4.69) is 26.8 Å². The first-order chi connectivity index (χ1) is 17.0. The lowest BCUT2D eigenvalue weighted by molar-refractivity contribution is -0.127. The minimum absolute atomic E-state index is 0.0341. The predicted molar refractivity (Wildman–Crippen MR) is 132 cm³/mol. The Morgan fingerprint density at radius 1 is 1.23 bits per heavy atom. The summed E-state index contributed by atoms with van der Waals surface area (Å²) in [5.41, 5.74) is 1.34. The van der Waals surface area contributed by atoms with Crippen molar-refractivity contribution in [2.45, 2.75) is 31.3 Å². The van der Waals surface area contributed by atoms with Crippen molar-refractivity contribution in [1.82, 2.24) is 19.9 Å². The second-order valence-electron chi connectivity index (χ2n) is 9.27. The zero-order valence-electron chi connectivity index (χ0n) is 19.0. The molecule has 35 heavy (non-hydrogen) atoms. The quantitative estimate of drug-likeness (QED) is 0.489. The molecular weight excluding hydrogens is 471 g/mol. The third kappa shape index (κ3) is 4.03. The molecule has 2 atom stereocenters. The van der Waals surface area contributed by atoms with E-state index in [1.54, 1.807) is 12.1 Å². The van der Waals surface area contributed by atoms with E-state index in [-0.39, 0.29) is 28.7 Å². The lowest BCUT2D eigenvalue weighted by Gasteiger charge is -2.34. The zero-order chi connectivity index (χ0) is 24.1. The highest BCUT2D eigenvalue weighted by molar-refractivity contribution is 6.32. The van der Waals surface area contributed by atoms with Crippen molar-refractivity contribution in [2.75, 3.05) is 29.9 Å². The molecule has 4 heterocycles. The van der Waals surface area contributed by atoms with Crippen LogP contribution in [0.3, 0.4) is 0 Å². The van der Waals surface area contributed by atoms with Crippen LogP contribution in [0.4, 0.5) is 21.7 Å². The first-order valence-corrected chi connectivity index (χ1v) is 12.1. The second-order valence-corrected chi connectivity index (χ2v) is 9.65. The molecule has 1 saturated carbocycles. The highest BCUT2D eigenvalue weighted by Gasteiger charge is 2.45. The Labute approximate surface area is 206 Å². The van der Waals surface area contributed by atoms with Crippen LogP contribution in [0.2, 0.25) is 5.02 Å². The fraction of sp³-hybridized carbons (Fsp3) is 0.360. The van der Waals surface area contributed by atoms with Crippen LogP contribution in [0.5, 0.6) is 5.75 Å². The van der Waals surface area contributed by atoms with Crippen LogP contribution in [0, 0.1) is 11.7 Å². The maximum Gasteiger partial charge on any atom is 0.246 e. The van der Waals surface area contributed by atoms with Gasteiger partial charge in [-0.05, 0) is 55.5 Å². The SMILES string of the molecule is C=CC(=O)N1C[C@@H]2C[C@H]1CN2c1ccc2ncnc(Nc3ccc(OCC4CC4)c(Cl)c3F)c2n1. The summed E-state index contributed by atoms with van der Waals surface area (Å²) in [5.74, 6) is 1.39. The van der Waals surface area contributed by atoms with E-state index in [1.165, 1.54) is 12.4 Å². The standard InChI is InChI=1S/C25H24ClFN6O2/c1-2-21(34)33-11-15-9-16(33)10-32(15)20-8-6-18-24(31-20)25(29-13-28-18)30-17-5-7-19(22(26)23(17)27)35-12-14-3-4-14/h2,5-8,13-16H,1,3-4,9-12H2,(H,28,29,30)/t15-,16-/m0/s1. The molecule has 1 aliphatic carbocycles. The average Bonchev–Trinajstić information content (AvgIpc) is 3.49. The normalized spacial score (nSPS) is 21.0. The molecule has 2 bridgehead atoms. The average molecular weight is 495 g/mol. The fourth-order valence-corrected chi connectivity index (χ4v) is 5.09. The number of likely N-dealkylation sites (tertiary alicyclic amines) is 1. The van der Waals surface area contributed by atoms with Crippen LogP contribution < -0.4 is 15.0 Å². The number of hydrogen-bond donors (Lipinski definition) is 1. The van der Waals surface area contributed by atoms with Crippen molar-refractivity contribution < 1.29 is 13.9 Å². The molecular formula is C25H24ClFN6O2. The number of piperazine rings is 1. The topological polar surface area (TPSA) is 83.5 Å². The molecule has 2 aliphatic heterocycles. The van der Waals surface area contributed by atoms with E-state index in [0.29, 0.717) is 48.2 Å². The number of pyridine rings is 1. The molecule has 3 fully saturated rings. The summed E-state index contributed by atoms with van der Waals surface area (Å²) in [5, 5.41) is 2.97. The summed E-state index contributed by atoms with van der Waals surface area (Å²) in [6.07, 6.45) is 5.95. The molecule has 1 N–H and O–H groups in total. The number of nitrogens with zero attached hydrogens (tertiary/aromatic N) is 5. The van der Waals surface area contributed by atoms with Crippen molar-refractivity contribution in [2.24, 2.45) is 5.92 Å². The molecule has 0 radical (unpaired) electrons. The first kappa shape index (κ1) is 22.0. The monoisotopic (exact) mass is 494 g/mol. The lowest BCUT2D eigenvalue weighted by atomic mass is 10.2. The van der Waals surface area contributed by atoms with Gasteiger partial charge in [0.2, 0.25) is 5.91 Å². The first-order valence-electron chi connectivity index (χ1n) is 11.7. The lowest BCUT2D eigenvalue weighted by Crippen LogP contribution is -2.48. The smallest absolute Gasteiger partial charge is 0.246 e. The third-order valence-corrected chi connectivity index (χ3v) is 7.28. The maximum absolute atomic E-state index is 15.1. The van der Waals surface area contributed by atoms with Gasteiger partial charge in [0.15, 0.2) is 11.6 Å². The highest BCUT2D eigenvalue weighted by Crippen LogP contribution is 2.37. The van der Waals surface area contributed by atoms with Crippen molar-refractivity contribution in [1.29, 1.82) is 0 Å². The van der Waals surface area contributed by atoms with Gasteiger partial charge < -0.3 is 19.9 Å². The summed E-state index contributed by atoms with van der Waals surface area (Å²) >= 11 is 6.25. The van der Waals surface area contributed by atoms with E-state index < -0.39 is 5.82 Å². The van der Waals surface area contributed by atoms with Crippen molar-refractivity contribution in [3.8, 4) is 5.75 Å². The van der Waals surface area contributed by atoms with Gasteiger partial charge in [0.25, 0.3) is 0 Å². The predicted octanol–water partition coefficient (Wildman–Crippen LogP) is 4.33. The third-order valence-electron chi connectivity index (χ3n) is 6.93. The number of carbonyl (C=O) groups is 1. The van der Waals surface area contributed by atoms with Crippen LogP contribution in [0.1, 0.15) is 19.3 Å². The highest BCUT2D eigenvalue weighted by atomic mass is 35.5. The summed E-state index contributed by atoms with van der Waals surface area (Å²) in [4.78, 5) is 29.6. The van der Waals surface area contributed by atoms with Gasteiger partial charge in [-0.25, -0.2) is 19.3 Å². The number of ether oxygens (including phenoxy) is 1. The maximum atomic E-state index is 15.1. The van der Waals surface area contributed by atoms with Crippen molar-refractivity contribution >= 4 is 45.9 Å². The molecule has 2 aromatic heterocycles. The second kappa shape index (κ2) is 8.64. The van der Waals surface area contributed by atoms with Crippen LogP contribution in [-0.2, 0) is 4.79 Å². The summed E-state index contributed by atoms with van der Waals surface area (Å²) in [6, 6.07) is 7.38. The van der Waals surface area contributed by atoms with Crippen molar-refractivity contribution in [3.63, 3.8) is 0 Å². The number of benzene rings is 1. The number of carbonyl (C=O) groups excluding carboxylic acids is 1. The van der Waals surface area contributed by atoms with E-state index >= 15 is 4.39 Å². The molecule has 1 aromatic carbocycles. The Balaban J connectivity index is 1.26. The van der Waals surface area contributed by atoms with Gasteiger partial charge in [0.1, 0.15) is 28.4 Å². The Morgan fingerprint density at radius 2 is 2.09 bits per heavy atom. The van der Waals surface area contributed by atoms with Crippen LogP contribution in [0.25, 0.3) is 11.0 Å². The number of amides is 1. The molecule has 10 heteroatoms. The number of aromatic nitrogens is 3. The molecule has 180 valence electrons. The molecule has 2 saturated heterocycles. The summed E-state index contributed by atoms with van der Waals surface area (Å²) in [7, 11) is 0. The van der Waals surface area contributed by atoms with E-state index in [1.807, 2.05) is 17.0 Å². The van der Waals surface area contributed by atoms with Gasteiger partial charge in [-0.2, -0.15) is 0 Å². The molecule has 6 rings (SSSR count). The largest absolute Gasteiger partial charge is 0.492 e. The van der Waals surface area contributed by atoms with Crippen LogP contribution in [-0.4, -0.2) is 57.5 Å². The summed E-state index contributed by atoms with van der Waals surface area (Å²) < 4.78 is 20.7. The Hall–Kier alpha value is -3.46. The van der Waals surface area contributed by atoms with E-state index in [9.17, 15) is 4.79 Å². The number of nitrogens with one attached hydrogen (secondary N) is 1. The van der Waals surface area contributed by atoms with Gasteiger partial charge in [0.05, 0.1) is 29.9 Å². The zero-order valence-corrected chi connectivity index (χ0v) is 19.7. The number of halogens is 2. The van der Waals surface area contributed by atoms with Gasteiger partial charge in [-0.1, -0.05) is 18.2 Å². The molecule has 3 aliphatic rings. The summed E-state index contributed by atoms with van der Waals surface area (Å²) in [6.45, 7) is 5.49. The Kier molecular flexibility index (Phi) is 5.44. The van der Waals surface area contributed by atoms with Gasteiger partial charge >= 0.3 is 0 Å². The molecule has 3 aromatic rings. The van der Waals surface area contributed by atoms with E-state index in [4.69, 9.17) is 21.3 Å². The minimum Gasteiger partial charge on any atom is -0.492 e. The molecule has 0 spiro atoms. The molecule has 8 nitrogen and oxygen atoms in total. The number of hydrogen-bond acceptors (Lipinski definition) is 7. The number of rotatable bonds is 7. The Bertz CT molecular complexity index is 1330. The molecule has 1 amide bonds. The van der Waals surface area contributed by atoms with Crippen LogP contribution in [0.15, 0.2) is 43.2 Å². The minimum atomic E-state index is -0.605. The van der Waals surface area contributed by atoms with Crippen molar-refractivity contribution in [3.05, 3.63) is 54.1 Å². The Morgan fingerprint density at radius 3 is 2.83 bits per heavy atom. The van der Waals surface area contributed by atoms with Gasteiger partial charge in [-0.3, -0.25) is 4.79 Å².